The van der Waals surface area contributed by atoms with E-state index < -0.39 is 0 Å². The predicted octanol–water partition coefficient (Wildman–Crippen LogP) is 3.96. The molecule has 1 aromatic rings. The van der Waals surface area contributed by atoms with E-state index in [0.29, 0.717) is 12.0 Å². The highest BCUT2D eigenvalue weighted by molar-refractivity contribution is 5.42. The Hall–Kier alpha value is -1.42. The van der Waals surface area contributed by atoms with E-state index in [1.54, 1.807) is 13.0 Å². The first-order valence-corrected chi connectivity index (χ1v) is 7.55. The summed E-state index contributed by atoms with van der Waals surface area (Å²) in [7, 11) is 0. The summed E-state index contributed by atoms with van der Waals surface area (Å²) in [5.74, 6) is 0.693. The summed E-state index contributed by atoms with van der Waals surface area (Å²) >= 11 is 0. The summed E-state index contributed by atoms with van der Waals surface area (Å²) in [5.41, 5.74) is 1.94. The number of nitrogens with zero attached hydrogens (tertiary/aromatic N) is 1. The summed E-state index contributed by atoms with van der Waals surface area (Å²) in [4.78, 5) is 10.7. The quantitative estimate of drug-likeness (QED) is 0.514. The smallest absolute Gasteiger partial charge is 0.272 e. The first kappa shape index (κ1) is 15.0. The minimum atomic E-state index is -0.299. The van der Waals surface area contributed by atoms with Gasteiger partial charge in [-0.15, -0.1) is 0 Å². The van der Waals surface area contributed by atoms with Crippen LogP contribution in [0.1, 0.15) is 50.2 Å². The second-order valence-electron chi connectivity index (χ2n) is 5.98. The van der Waals surface area contributed by atoms with Gasteiger partial charge in [0.1, 0.15) is 0 Å². The molecule has 1 aliphatic rings. The van der Waals surface area contributed by atoms with Crippen LogP contribution < -0.4 is 5.32 Å². The van der Waals surface area contributed by atoms with E-state index in [0.717, 1.165) is 17.7 Å². The molecule has 4 heteroatoms. The standard InChI is InChI=1S/C16H24N2O2/c1-12-6-4-3-5-7-15(12)17-11-14-9-8-13(2)16(10-14)18(19)20/h8-10,12,15,17H,3-7,11H2,1-2H3. The molecule has 0 bridgehead atoms. The highest BCUT2D eigenvalue weighted by Crippen LogP contribution is 2.24. The Morgan fingerprint density at radius 3 is 2.80 bits per heavy atom. The van der Waals surface area contributed by atoms with Gasteiger partial charge < -0.3 is 5.32 Å². The third-order valence-corrected chi connectivity index (χ3v) is 4.40. The maximum atomic E-state index is 11.0. The molecule has 0 aromatic heterocycles. The molecule has 0 spiro atoms. The molecule has 2 atom stereocenters. The number of hydrogen-bond acceptors (Lipinski definition) is 3. The van der Waals surface area contributed by atoms with E-state index in [2.05, 4.69) is 12.2 Å². The fourth-order valence-corrected chi connectivity index (χ4v) is 3.01. The van der Waals surface area contributed by atoms with Gasteiger partial charge in [-0.1, -0.05) is 38.3 Å². The second-order valence-corrected chi connectivity index (χ2v) is 5.98. The van der Waals surface area contributed by atoms with E-state index >= 15 is 0 Å². The second kappa shape index (κ2) is 6.84. The van der Waals surface area contributed by atoms with Crippen LogP contribution in [0.2, 0.25) is 0 Å². The van der Waals surface area contributed by atoms with Crippen molar-refractivity contribution in [3.05, 3.63) is 39.4 Å². The van der Waals surface area contributed by atoms with Crippen molar-refractivity contribution in [3.8, 4) is 0 Å². The minimum Gasteiger partial charge on any atom is -0.310 e. The molecule has 1 fully saturated rings. The van der Waals surface area contributed by atoms with Crippen molar-refractivity contribution in [1.82, 2.24) is 5.32 Å². The molecular weight excluding hydrogens is 252 g/mol. The number of aryl methyl sites for hydroxylation is 1. The summed E-state index contributed by atoms with van der Waals surface area (Å²) in [6.07, 6.45) is 6.45. The third-order valence-electron chi connectivity index (χ3n) is 4.40. The molecule has 0 saturated heterocycles. The summed E-state index contributed by atoms with van der Waals surface area (Å²) < 4.78 is 0. The monoisotopic (exact) mass is 276 g/mol. The van der Waals surface area contributed by atoms with Gasteiger partial charge in [0.05, 0.1) is 4.92 Å². The van der Waals surface area contributed by atoms with Gasteiger partial charge in [0.15, 0.2) is 0 Å². The Balaban J connectivity index is 1.99. The number of benzene rings is 1. The van der Waals surface area contributed by atoms with Gasteiger partial charge >= 0.3 is 0 Å². The molecule has 0 aliphatic heterocycles. The normalized spacial score (nSPS) is 23.3. The third kappa shape index (κ3) is 3.79. The zero-order chi connectivity index (χ0) is 14.5. The van der Waals surface area contributed by atoms with E-state index in [1.165, 1.54) is 32.1 Å². The molecular formula is C16H24N2O2. The largest absolute Gasteiger partial charge is 0.310 e. The lowest BCUT2D eigenvalue weighted by atomic mass is 9.96. The molecule has 1 saturated carbocycles. The van der Waals surface area contributed by atoms with Gasteiger partial charge in [-0.05, 0) is 31.2 Å². The zero-order valence-corrected chi connectivity index (χ0v) is 12.4. The lowest BCUT2D eigenvalue weighted by Gasteiger charge is -2.23. The minimum absolute atomic E-state index is 0.221. The van der Waals surface area contributed by atoms with E-state index in [4.69, 9.17) is 0 Å². The van der Waals surface area contributed by atoms with Crippen molar-refractivity contribution in [2.75, 3.05) is 0 Å². The molecule has 0 amide bonds. The first-order valence-electron chi connectivity index (χ1n) is 7.55. The van der Waals surface area contributed by atoms with Crippen LogP contribution in [-0.4, -0.2) is 11.0 Å². The van der Waals surface area contributed by atoms with Crippen molar-refractivity contribution in [2.24, 2.45) is 5.92 Å². The van der Waals surface area contributed by atoms with E-state index in [1.807, 2.05) is 12.1 Å². The first-order chi connectivity index (χ1) is 9.58. The summed E-state index contributed by atoms with van der Waals surface area (Å²) in [6, 6.07) is 6.06. The zero-order valence-electron chi connectivity index (χ0n) is 12.4. The number of nitro groups is 1. The number of nitro benzene ring substituents is 1. The van der Waals surface area contributed by atoms with Gasteiger partial charge in [0, 0.05) is 24.2 Å². The van der Waals surface area contributed by atoms with Crippen molar-refractivity contribution >= 4 is 5.69 Å². The maximum absolute atomic E-state index is 11.0. The van der Waals surface area contributed by atoms with Crippen molar-refractivity contribution in [2.45, 2.75) is 58.5 Å². The fraction of sp³-hybridized carbons (Fsp3) is 0.625. The van der Waals surface area contributed by atoms with Crippen molar-refractivity contribution in [3.63, 3.8) is 0 Å². The van der Waals surface area contributed by atoms with Gasteiger partial charge in [0.2, 0.25) is 0 Å². The van der Waals surface area contributed by atoms with Crippen molar-refractivity contribution in [1.29, 1.82) is 0 Å². The Morgan fingerprint density at radius 1 is 1.30 bits per heavy atom. The van der Waals surface area contributed by atoms with Gasteiger partial charge in [-0.2, -0.15) is 0 Å². The average molecular weight is 276 g/mol. The number of rotatable bonds is 4. The number of nitrogens with one attached hydrogen (secondary N) is 1. The van der Waals surface area contributed by atoms with Crippen LogP contribution in [0.5, 0.6) is 0 Å². The van der Waals surface area contributed by atoms with Crippen molar-refractivity contribution < 1.29 is 4.92 Å². The van der Waals surface area contributed by atoms with Crippen LogP contribution in [0, 0.1) is 23.0 Å². The molecule has 1 aliphatic carbocycles. The average Bonchev–Trinajstić information content (AvgIpc) is 2.62. The van der Waals surface area contributed by atoms with Crippen LogP contribution in [0.15, 0.2) is 18.2 Å². The molecule has 4 nitrogen and oxygen atoms in total. The van der Waals surface area contributed by atoms with Crippen LogP contribution in [0.25, 0.3) is 0 Å². The van der Waals surface area contributed by atoms with Gasteiger partial charge in [0.25, 0.3) is 5.69 Å². The molecule has 2 rings (SSSR count). The maximum Gasteiger partial charge on any atom is 0.272 e. The topological polar surface area (TPSA) is 55.2 Å². The SMILES string of the molecule is Cc1ccc(CNC2CCCCCC2C)cc1[N+](=O)[O-]. The van der Waals surface area contributed by atoms with Gasteiger partial charge in [-0.25, -0.2) is 0 Å². The van der Waals surface area contributed by atoms with E-state index in [9.17, 15) is 10.1 Å². The van der Waals surface area contributed by atoms with Crippen LogP contribution in [0.3, 0.4) is 0 Å². The predicted molar refractivity (Wildman–Crippen MR) is 80.7 cm³/mol. The molecule has 110 valence electrons. The Bertz CT molecular complexity index is 474. The highest BCUT2D eigenvalue weighted by Gasteiger charge is 2.19. The molecule has 0 heterocycles. The lowest BCUT2D eigenvalue weighted by Crippen LogP contribution is -2.33. The Morgan fingerprint density at radius 2 is 2.05 bits per heavy atom. The van der Waals surface area contributed by atoms with Crippen LogP contribution in [-0.2, 0) is 6.54 Å². The van der Waals surface area contributed by atoms with E-state index in [-0.39, 0.29) is 10.6 Å². The molecule has 1 N–H and O–H groups in total. The highest BCUT2D eigenvalue weighted by atomic mass is 16.6. The Kier molecular flexibility index (Phi) is 5.12. The van der Waals surface area contributed by atoms with Gasteiger partial charge in [-0.3, -0.25) is 10.1 Å². The molecule has 20 heavy (non-hydrogen) atoms. The van der Waals surface area contributed by atoms with Crippen LogP contribution in [0.4, 0.5) is 5.69 Å². The fourth-order valence-electron chi connectivity index (χ4n) is 3.01. The summed E-state index contributed by atoms with van der Waals surface area (Å²) in [5, 5.41) is 14.6. The molecule has 2 unspecified atom stereocenters. The lowest BCUT2D eigenvalue weighted by molar-refractivity contribution is -0.385. The number of hydrogen-bond donors (Lipinski definition) is 1. The Labute approximate surface area is 120 Å². The molecule has 1 aromatic carbocycles. The van der Waals surface area contributed by atoms with Crippen LogP contribution >= 0.6 is 0 Å². The summed E-state index contributed by atoms with van der Waals surface area (Å²) in [6.45, 7) is 4.80. The molecule has 0 radical (unpaired) electrons.